The molecule has 1 aliphatic rings. The summed E-state index contributed by atoms with van der Waals surface area (Å²) in [7, 11) is 0. The van der Waals surface area contributed by atoms with E-state index in [2.05, 4.69) is 10.4 Å². The van der Waals surface area contributed by atoms with Crippen LogP contribution in [0, 0.1) is 0 Å². The summed E-state index contributed by atoms with van der Waals surface area (Å²) in [6.45, 7) is 2.09. The Bertz CT molecular complexity index is 1080. The third kappa shape index (κ3) is 3.80. The highest BCUT2D eigenvalue weighted by molar-refractivity contribution is 6.01. The number of para-hydroxylation sites is 1. The molecule has 0 spiro atoms. The average Bonchev–Trinajstić information content (AvgIpc) is 3.41. The van der Waals surface area contributed by atoms with Crippen molar-refractivity contribution in [2.24, 2.45) is 0 Å². The van der Waals surface area contributed by atoms with E-state index in [9.17, 15) is 14.4 Å². The molecule has 1 saturated heterocycles. The van der Waals surface area contributed by atoms with E-state index in [4.69, 9.17) is 4.74 Å². The molecule has 0 saturated carbocycles. The van der Waals surface area contributed by atoms with Crippen molar-refractivity contribution in [1.29, 1.82) is 0 Å². The number of aromatic nitrogens is 2. The predicted octanol–water partition coefficient (Wildman–Crippen LogP) is 2.64. The first-order valence-corrected chi connectivity index (χ1v) is 9.55. The molecular weight excluding hydrogens is 384 g/mol. The fourth-order valence-corrected chi connectivity index (χ4v) is 3.22. The first kappa shape index (κ1) is 19.4. The predicted molar refractivity (Wildman–Crippen MR) is 109 cm³/mol. The minimum Gasteiger partial charge on any atom is -0.449 e. The molecule has 0 radical (unpaired) electrons. The molecule has 3 aromatic rings. The normalized spacial score (nSPS) is 14.3. The molecule has 0 bridgehead atoms. The highest BCUT2D eigenvalue weighted by Gasteiger charge is 2.32. The number of amides is 3. The number of nitrogens with one attached hydrogen (secondary N) is 1. The van der Waals surface area contributed by atoms with Gasteiger partial charge in [-0.3, -0.25) is 9.69 Å². The first-order valence-electron chi connectivity index (χ1n) is 9.55. The van der Waals surface area contributed by atoms with E-state index in [-0.39, 0.29) is 12.1 Å². The highest BCUT2D eigenvalue weighted by atomic mass is 16.5. The summed E-state index contributed by atoms with van der Waals surface area (Å²) in [5.74, 6) is -1.24. The number of esters is 1. The third-order valence-electron chi connectivity index (χ3n) is 4.76. The standard InChI is InChI=1S/C22H20N4O4/c1-15(20(27)25-13-12-23-22(25)29)30-21(28)18-14-26(17-10-6-3-7-11-17)24-19(18)16-8-4-2-5-9-16/h2-11,14-15H,12-13H2,1H3,(H,23,29). The molecule has 2 aromatic carbocycles. The van der Waals surface area contributed by atoms with Crippen LogP contribution in [-0.4, -0.2) is 51.8 Å². The van der Waals surface area contributed by atoms with Crippen molar-refractivity contribution >= 4 is 17.9 Å². The van der Waals surface area contributed by atoms with Crippen LogP contribution in [0.15, 0.2) is 66.9 Å². The van der Waals surface area contributed by atoms with Crippen molar-refractivity contribution in [3.05, 3.63) is 72.4 Å². The van der Waals surface area contributed by atoms with Gasteiger partial charge in [0.1, 0.15) is 11.3 Å². The molecule has 0 aliphatic carbocycles. The van der Waals surface area contributed by atoms with Crippen molar-refractivity contribution in [3.8, 4) is 16.9 Å². The molecule has 1 unspecified atom stereocenters. The van der Waals surface area contributed by atoms with Crippen LogP contribution in [0.2, 0.25) is 0 Å². The topological polar surface area (TPSA) is 93.5 Å². The molecule has 1 atom stereocenters. The Morgan fingerprint density at radius 2 is 1.73 bits per heavy atom. The van der Waals surface area contributed by atoms with Gasteiger partial charge in [0, 0.05) is 24.8 Å². The summed E-state index contributed by atoms with van der Waals surface area (Å²) in [6, 6.07) is 18.2. The Kier molecular flexibility index (Phi) is 5.30. The molecule has 1 aliphatic heterocycles. The number of carbonyl (C=O) groups excluding carboxylic acids is 3. The Morgan fingerprint density at radius 3 is 2.37 bits per heavy atom. The number of benzene rings is 2. The number of nitrogens with zero attached hydrogens (tertiary/aromatic N) is 3. The zero-order valence-corrected chi connectivity index (χ0v) is 16.3. The second-order valence-corrected chi connectivity index (χ2v) is 6.81. The molecule has 8 nitrogen and oxygen atoms in total. The molecule has 30 heavy (non-hydrogen) atoms. The van der Waals surface area contributed by atoms with Gasteiger partial charge in [0.05, 0.1) is 5.69 Å². The zero-order valence-electron chi connectivity index (χ0n) is 16.3. The maximum absolute atomic E-state index is 12.9. The zero-order chi connectivity index (χ0) is 21.1. The van der Waals surface area contributed by atoms with Gasteiger partial charge in [-0.05, 0) is 19.1 Å². The van der Waals surface area contributed by atoms with Crippen molar-refractivity contribution in [2.45, 2.75) is 13.0 Å². The molecule has 2 heterocycles. The fraction of sp³-hybridized carbons (Fsp3) is 0.182. The van der Waals surface area contributed by atoms with Gasteiger partial charge in [-0.15, -0.1) is 0 Å². The van der Waals surface area contributed by atoms with Crippen LogP contribution >= 0.6 is 0 Å². The van der Waals surface area contributed by atoms with Crippen LogP contribution in [0.5, 0.6) is 0 Å². The number of hydrogen-bond acceptors (Lipinski definition) is 5. The summed E-state index contributed by atoms with van der Waals surface area (Å²) in [5.41, 5.74) is 2.21. The molecule has 8 heteroatoms. The van der Waals surface area contributed by atoms with Crippen molar-refractivity contribution in [1.82, 2.24) is 20.0 Å². The summed E-state index contributed by atoms with van der Waals surface area (Å²) >= 11 is 0. The van der Waals surface area contributed by atoms with Crippen molar-refractivity contribution < 1.29 is 19.1 Å². The molecule has 1 N–H and O–H groups in total. The smallest absolute Gasteiger partial charge is 0.342 e. The maximum Gasteiger partial charge on any atom is 0.342 e. The van der Waals surface area contributed by atoms with Crippen molar-refractivity contribution in [2.75, 3.05) is 13.1 Å². The lowest BCUT2D eigenvalue weighted by Crippen LogP contribution is -2.41. The van der Waals surface area contributed by atoms with E-state index in [1.807, 2.05) is 60.7 Å². The number of urea groups is 1. The minimum atomic E-state index is -1.11. The van der Waals surface area contributed by atoms with E-state index in [1.54, 1.807) is 10.9 Å². The van der Waals surface area contributed by atoms with Gasteiger partial charge in [0.2, 0.25) is 0 Å². The monoisotopic (exact) mass is 404 g/mol. The van der Waals surface area contributed by atoms with Crippen molar-refractivity contribution in [3.63, 3.8) is 0 Å². The van der Waals surface area contributed by atoms with Crippen LogP contribution in [0.3, 0.4) is 0 Å². The van der Waals surface area contributed by atoms with Crippen LogP contribution in [0.4, 0.5) is 4.79 Å². The lowest BCUT2D eigenvalue weighted by atomic mass is 10.1. The van der Waals surface area contributed by atoms with Gasteiger partial charge >= 0.3 is 12.0 Å². The van der Waals surface area contributed by atoms with E-state index in [1.165, 1.54) is 6.92 Å². The summed E-state index contributed by atoms with van der Waals surface area (Å²) in [4.78, 5) is 38.2. The molecule has 1 aromatic heterocycles. The van der Waals surface area contributed by atoms with Gasteiger partial charge < -0.3 is 10.1 Å². The Morgan fingerprint density at radius 1 is 1.07 bits per heavy atom. The van der Waals surface area contributed by atoms with E-state index in [0.717, 1.165) is 16.2 Å². The highest BCUT2D eigenvalue weighted by Crippen LogP contribution is 2.25. The Hall–Kier alpha value is -3.94. The largest absolute Gasteiger partial charge is 0.449 e. The second kappa shape index (κ2) is 8.20. The van der Waals surface area contributed by atoms with Crippen LogP contribution < -0.4 is 5.32 Å². The molecule has 152 valence electrons. The molecule has 4 rings (SSSR count). The molecule has 1 fully saturated rings. The number of rotatable bonds is 5. The Balaban J connectivity index is 1.63. The lowest BCUT2D eigenvalue weighted by molar-refractivity contribution is -0.136. The lowest BCUT2D eigenvalue weighted by Gasteiger charge is -2.18. The fourth-order valence-electron chi connectivity index (χ4n) is 3.22. The van der Waals surface area contributed by atoms with Crippen LogP contribution in [0.25, 0.3) is 16.9 Å². The molecule has 3 amide bonds. The van der Waals surface area contributed by atoms with E-state index >= 15 is 0 Å². The van der Waals surface area contributed by atoms with E-state index in [0.29, 0.717) is 12.2 Å². The van der Waals surface area contributed by atoms with Gasteiger partial charge in [0.15, 0.2) is 6.10 Å². The summed E-state index contributed by atoms with van der Waals surface area (Å²) in [5, 5.41) is 7.12. The SMILES string of the molecule is CC(OC(=O)c1cn(-c2ccccc2)nc1-c1ccccc1)C(=O)N1CCNC1=O. The first-order chi connectivity index (χ1) is 14.5. The average molecular weight is 404 g/mol. The quantitative estimate of drug-likeness (QED) is 0.660. The number of hydrogen-bond donors (Lipinski definition) is 1. The number of imide groups is 1. The van der Waals surface area contributed by atoms with Gasteiger partial charge in [-0.25, -0.2) is 14.3 Å². The molecular formula is C22H20N4O4. The minimum absolute atomic E-state index is 0.232. The maximum atomic E-state index is 12.9. The van der Waals surface area contributed by atoms with Crippen LogP contribution in [-0.2, 0) is 9.53 Å². The summed E-state index contributed by atoms with van der Waals surface area (Å²) in [6.07, 6.45) is 0.477. The Labute approximate surface area is 173 Å². The van der Waals surface area contributed by atoms with Crippen LogP contribution in [0.1, 0.15) is 17.3 Å². The third-order valence-corrected chi connectivity index (χ3v) is 4.76. The number of carbonyl (C=O) groups is 3. The number of ether oxygens (including phenoxy) is 1. The van der Waals surface area contributed by atoms with Gasteiger partial charge in [0.25, 0.3) is 5.91 Å². The summed E-state index contributed by atoms with van der Waals surface area (Å²) < 4.78 is 7.00. The van der Waals surface area contributed by atoms with Gasteiger partial charge in [-0.2, -0.15) is 5.10 Å². The van der Waals surface area contributed by atoms with E-state index < -0.39 is 24.0 Å². The van der Waals surface area contributed by atoms with Gasteiger partial charge in [-0.1, -0.05) is 48.5 Å². The second-order valence-electron chi connectivity index (χ2n) is 6.81.